The molecule has 17 heavy (non-hydrogen) atoms. The van der Waals surface area contributed by atoms with Gasteiger partial charge in [-0.05, 0) is 24.7 Å². The predicted octanol–water partition coefficient (Wildman–Crippen LogP) is 3.41. The van der Waals surface area contributed by atoms with Gasteiger partial charge in [-0.3, -0.25) is 0 Å². The standard InChI is InChI=1S/C9H19NO2S.2C2H6/c1-8-3-5-9(6-4-8)7-10-13(2,11)12;2*1-2/h8-10H,3-7H2,1-2H3;2*1-2H3. The topological polar surface area (TPSA) is 46.2 Å². The van der Waals surface area contributed by atoms with Crippen LogP contribution < -0.4 is 4.72 Å². The Hall–Kier alpha value is -0.0900. The Morgan fingerprint density at radius 2 is 1.41 bits per heavy atom. The largest absolute Gasteiger partial charge is 0.215 e. The normalized spacial score (nSPS) is 23.9. The molecular formula is C13H31NO2S. The zero-order valence-electron chi connectivity index (χ0n) is 12.4. The zero-order valence-corrected chi connectivity index (χ0v) is 13.2. The molecule has 106 valence electrons. The van der Waals surface area contributed by atoms with E-state index in [9.17, 15) is 8.42 Å². The first-order chi connectivity index (χ1) is 7.97. The maximum atomic E-state index is 10.8. The summed E-state index contributed by atoms with van der Waals surface area (Å²) >= 11 is 0. The molecule has 0 aromatic carbocycles. The van der Waals surface area contributed by atoms with Crippen LogP contribution in [0.5, 0.6) is 0 Å². The van der Waals surface area contributed by atoms with E-state index in [1.54, 1.807) is 0 Å². The van der Waals surface area contributed by atoms with Crippen molar-refractivity contribution in [2.75, 3.05) is 12.8 Å². The van der Waals surface area contributed by atoms with E-state index in [2.05, 4.69) is 11.6 Å². The molecule has 0 heterocycles. The molecule has 1 saturated carbocycles. The first-order valence-corrected chi connectivity index (χ1v) is 8.81. The highest BCUT2D eigenvalue weighted by Crippen LogP contribution is 2.27. The molecule has 0 bridgehead atoms. The summed E-state index contributed by atoms with van der Waals surface area (Å²) in [6.07, 6.45) is 6.05. The highest BCUT2D eigenvalue weighted by molar-refractivity contribution is 7.88. The summed E-state index contributed by atoms with van der Waals surface area (Å²) < 4.78 is 24.2. The predicted molar refractivity (Wildman–Crippen MR) is 76.7 cm³/mol. The van der Waals surface area contributed by atoms with Crippen LogP contribution >= 0.6 is 0 Å². The molecule has 1 aliphatic rings. The minimum absolute atomic E-state index is 0.561. The van der Waals surface area contributed by atoms with Crippen molar-refractivity contribution in [3.05, 3.63) is 0 Å². The fourth-order valence-electron chi connectivity index (χ4n) is 1.80. The molecule has 0 radical (unpaired) electrons. The van der Waals surface area contributed by atoms with Crippen LogP contribution in [0.1, 0.15) is 60.3 Å². The summed E-state index contributed by atoms with van der Waals surface area (Å²) in [6, 6.07) is 0. The molecule has 0 aromatic rings. The van der Waals surface area contributed by atoms with Gasteiger partial charge in [0.1, 0.15) is 0 Å². The van der Waals surface area contributed by atoms with Crippen LogP contribution in [0.3, 0.4) is 0 Å². The fourth-order valence-corrected chi connectivity index (χ4v) is 2.34. The van der Waals surface area contributed by atoms with Crippen molar-refractivity contribution in [2.45, 2.75) is 60.3 Å². The van der Waals surface area contributed by atoms with Crippen molar-refractivity contribution in [1.29, 1.82) is 0 Å². The van der Waals surface area contributed by atoms with Crippen molar-refractivity contribution in [2.24, 2.45) is 11.8 Å². The third-order valence-corrected chi connectivity index (χ3v) is 3.46. The number of hydrogen-bond acceptors (Lipinski definition) is 2. The summed E-state index contributed by atoms with van der Waals surface area (Å²) in [5, 5.41) is 0. The average molecular weight is 265 g/mol. The minimum Gasteiger partial charge on any atom is -0.215 e. The molecule has 0 unspecified atom stereocenters. The first kappa shape index (κ1) is 19.3. The highest BCUT2D eigenvalue weighted by Gasteiger charge is 2.18. The average Bonchev–Trinajstić information content (AvgIpc) is 2.33. The number of rotatable bonds is 3. The van der Waals surface area contributed by atoms with Gasteiger partial charge < -0.3 is 0 Å². The van der Waals surface area contributed by atoms with Crippen molar-refractivity contribution in [3.8, 4) is 0 Å². The van der Waals surface area contributed by atoms with Gasteiger partial charge in [-0.2, -0.15) is 0 Å². The fraction of sp³-hybridized carbons (Fsp3) is 1.00. The maximum Gasteiger partial charge on any atom is 0.208 e. The van der Waals surface area contributed by atoms with Gasteiger partial charge >= 0.3 is 0 Å². The van der Waals surface area contributed by atoms with Crippen LogP contribution in [0.15, 0.2) is 0 Å². The van der Waals surface area contributed by atoms with Crippen LogP contribution in [0.25, 0.3) is 0 Å². The van der Waals surface area contributed by atoms with Gasteiger partial charge in [-0.15, -0.1) is 0 Å². The van der Waals surface area contributed by atoms with Crippen molar-refractivity contribution in [3.63, 3.8) is 0 Å². The van der Waals surface area contributed by atoms with Gasteiger partial charge in [-0.1, -0.05) is 47.5 Å². The Kier molecular flexibility index (Phi) is 12.5. The molecule has 1 fully saturated rings. The molecule has 0 spiro atoms. The molecule has 3 nitrogen and oxygen atoms in total. The van der Waals surface area contributed by atoms with Crippen LogP contribution in [0, 0.1) is 11.8 Å². The number of sulfonamides is 1. The van der Waals surface area contributed by atoms with E-state index in [0.717, 1.165) is 5.92 Å². The van der Waals surface area contributed by atoms with E-state index in [0.29, 0.717) is 12.5 Å². The SMILES string of the molecule is CC.CC.CC1CCC(CNS(C)(=O)=O)CC1. The van der Waals surface area contributed by atoms with E-state index in [4.69, 9.17) is 0 Å². The Labute approximate surface area is 108 Å². The molecule has 1 aliphatic carbocycles. The third kappa shape index (κ3) is 12.2. The highest BCUT2D eigenvalue weighted by atomic mass is 32.2. The first-order valence-electron chi connectivity index (χ1n) is 6.92. The minimum atomic E-state index is -2.99. The van der Waals surface area contributed by atoms with E-state index in [1.807, 2.05) is 27.7 Å². The zero-order chi connectivity index (χ0) is 13.9. The van der Waals surface area contributed by atoms with Gasteiger partial charge in [0.2, 0.25) is 10.0 Å². The van der Waals surface area contributed by atoms with Gasteiger partial charge in [0.15, 0.2) is 0 Å². The molecule has 0 saturated heterocycles. The molecule has 0 amide bonds. The lowest BCUT2D eigenvalue weighted by atomic mass is 9.83. The van der Waals surface area contributed by atoms with Gasteiger partial charge in [0.05, 0.1) is 6.26 Å². The number of hydrogen-bond donors (Lipinski definition) is 1. The Bertz CT molecular complexity index is 242. The Morgan fingerprint density at radius 1 is 1.00 bits per heavy atom. The molecule has 0 atom stereocenters. The summed E-state index contributed by atoms with van der Waals surface area (Å²) in [6.45, 7) is 10.9. The second-order valence-corrected chi connectivity index (χ2v) is 6.08. The smallest absolute Gasteiger partial charge is 0.208 e. The van der Waals surface area contributed by atoms with E-state index < -0.39 is 10.0 Å². The Balaban J connectivity index is 0. The maximum absolute atomic E-state index is 10.8. The summed E-state index contributed by atoms with van der Waals surface area (Å²) in [5.74, 6) is 1.39. The van der Waals surface area contributed by atoms with Crippen LogP contribution in [0.2, 0.25) is 0 Å². The van der Waals surface area contributed by atoms with Gasteiger partial charge in [-0.25, -0.2) is 13.1 Å². The summed E-state index contributed by atoms with van der Waals surface area (Å²) in [7, 11) is -2.99. The second kappa shape index (κ2) is 11.0. The quantitative estimate of drug-likeness (QED) is 0.850. The monoisotopic (exact) mass is 265 g/mol. The summed E-state index contributed by atoms with van der Waals surface area (Å²) in [4.78, 5) is 0. The van der Waals surface area contributed by atoms with E-state index in [1.165, 1.54) is 31.9 Å². The van der Waals surface area contributed by atoms with Crippen molar-refractivity contribution in [1.82, 2.24) is 4.72 Å². The second-order valence-electron chi connectivity index (χ2n) is 4.25. The molecule has 0 aromatic heterocycles. The van der Waals surface area contributed by atoms with Crippen LogP contribution in [-0.2, 0) is 10.0 Å². The van der Waals surface area contributed by atoms with Crippen molar-refractivity contribution < 1.29 is 8.42 Å². The lowest BCUT2D eigenvalue weighted by molar-refractivity contribution is 0.291. The van der Waals surface area contributed by atoms with E-state index >= 15 is 0 Å². The lowest BCUT2D eigenvalue weighted by Gasteiger charge is -2.25. The van der Waals surface area contributed by atoms with Crippen LogP contribution in [-0.4, -0.2) is 21.2 Å². The third-order valence-electron chi connectivity index (χ3n) is 2.77. The number of nitrogens with one attached hydrogen (secondary N) is 1. The molecule has 1 rings (SSSR count). The van der Waals surface area contributed by atoms with Gasteiger partial charge in [0, 0.05) is 6.54 Å². The molecule has 4 heteroatoms. The van der Waals surface area contributed by atoms with Gasteiger partial charge in [0.25, 0.3) is 0 Å². The van der Waals surface area contributed by atoms with E-state index in [-0.39, 0.29) is 0 Å². The van der Waals surface area contributed by atoms with Crippen molar-refractivity contribution >= 4 is 10.0 Å². The molecule has 0 aliphatic heterocycles. The molecular weight excluding hydrogens is 234 g/mol. The Morgan fingerprint density at radius 3 is 1.76 bits per heavy atom. The lowest BCUT2D eigenvalue weighted by Crippen LogP contribution is -2.30. The van der Waals surface area contributed by atoms with Crippen LogP contribution in [0.4, 0.5) is 0 Å². The molecule has 1 N–H and O–H groups in total. The summed E-state index contributed by atoms with van der Waals surface area (Å²) in [5.41, 5.74) is 0.